The minimum atomic E-state index is -4.71. The Morgan fingerprint density at radius 2 is 2.00 bits per heavy atom. The van der Waals surface area contributed by atoms with Crippen molar-refractivity contribution in [2.75, 3.05) is 0 Å². The SMILES string of the molecule is Cc1cc(CN)c(C)nc1OC(F)(F)F. The average molecular weight is 220 g/mol. The molecule has 0 aliphatic rings. The Balaban J connectivity index is 3.05. The number of rotatable bonds is 2. The highest BCUT2D eigenvalue weighted by molar-refractivity contribution is 5.33. The molecule has 0 saturated heterocycles. The van der Waals surface area contributed by atoms with Gasteiger partial charge in [0.1, 0.15) is 0 Å². The van der Waals surface area contributed by atoms with Crippen LogP contribution in [0.1, 0.15) is 16.8 Å². The number of aromatic nitrogens is 1. The van der Waals surface area contributed by atoms with Crippen molar-refractivity contribution >= 4 is 0 Å². The predicted molar refractivity (Wildman–Crippen MR) is 48.3 cm³/mol. The molecule has 0 aromatic carbocycles. The molecule has 0 saturated carbocycles. The van der Waals surface area contributed by atoms with Gasteiger partial charge in [0.2, 0.25) is 5.88 Å². The Labute approximate surface area is 85.1 Å². The van der Waals surface area contributed by atoms with Crippen molar-refractivity contribution in [3.8, 4) is 5.88 Å². The lowest BCUT2D eigenvalue weighted by atomic mass is 10.1. The molecule has 0 aliphatic carbocycles. The minimum Gasteiger partial charge on any atom is -0.388 e. The first-order valence-electron chi connectivity index (χ1n) is 4.26. The average Bonchev–Trinajstić information content (AvgIpc) is 2.08. The van der Waals surface area contributed by atoms with E-state index < -0.39 is 12.2 Å². The summed E-state index contributed by atoms with van der Waals surface area (Å²) in [6.07, 6.45) is -4.71. The second kappa shape index (κ2) is 4.06. The molecule has 0 spiro atoms. The smallest absolute Gasteiger partial charge is 0.388 e. The van der Waals surface area contributed by atoms with Crippen LogP contribution >= 0.6 is 0 Å². The van der Waals surface area contributed by atoms with E-state index >= 15 is 0 Å². The number of hydrogen-bond acceptors (Lipinski definition) is 3. The van der Waals surface area contributed by atoms with Crippen LogP contribution in [-0.4, -0.2) is 11.3 Å². The van der Waals surface area contributed by atoms with Gasteiger partial charge in [-0.1, -0.05) is 0 Å². The van der Waals surface area contributed by atoms with E-state index in [1.807, 2.05) is 0 Å². The largest absolute Gasteiger partial charge is 0.574 e. The summed E-state index contributed by atoms with van der Waals surface area (Å²) in [5.74, 6) is -0.419. The molecule has 2 N–H and O–H groups in total. The molecule has 0 radical (unpaired) electrons. The molecule has 0 unspecified atom stereocenters. The van der Waals surface area contributed by atoms with E-state index in [2.05, 4.69) is 9.72 Å². The third-order valence-corrected chi connectivity index (χ3v) is 1.89. The highest BCUT2D eigenvalue weighted by Crippen LogP contribution is 2.25. The van der Waals surface area contributed by atoms with Gasteiger partial charge >= 0.3 is 6.36 Å². The molecule has 0 aliphatic heterocycles. The van der Waals surface area contributed by atoms with Crippen LogP contribution in [0.25, 0.3) is 0 Å². The van der Waals surface area contributed by atoms with Crippen molar-refractivity contribution in [2.24, 2.45) is 5.73 Å². The molecule has 3 nitrogen and oxygen atoms in total. The van der Waals surface area contributed by atoms with Crippen molar-refractivity contribution in [2.45, 2.75) is 26.8 Å². The Hall–Kier alpha value is -1.30. The van der Waals surface area contributed by atoms with Crippen LogP contribution in [0.15, 0.2) is 6.07 Å². The number of hydrogen-bond donors (Lipinski definition) is 1. The minimum absolute atomic E-state index is 0.242. The van der Waals surface area contributed by atoms with Gasteiger partial charge < -0.3 is 10.5 Å². The maximum absolute atomic E-state index is 11.9. The van der Waals surface area contributed by atoms with Crippen LogP contribution in [-0.2, 0) is 6.54 Å². The Morgan fingerprint density at radius 1 is 1.40 bits per heavy atom. The fourth-order valence-electron chi connectivity index (χ4n) is 1.16. The zero-order valence-electron chi connectivity index (χ0n) is 8.35. The molecular formula is C9H11F3N2O. The van der Waals surface area contributed by atoms with Gasteiger partial charge in [0.05, 0.1) is 0 Å². The number of ether oxygens (including phenoxy) is 1. The number of alkyl halides is 3. The predicted octanol–water partition coefficient (Wildman–Crippen LogP) is 2.06. The molecule has 1 aromatic rings. The van der Waals surface area contributed by atoms with Crippen molar-refractivity contribution in [3.63, 3.8) is 0 Å². The Kier molecular flexibility index (Phi) is 3.18. The maximum Gasteiger partial charge on any atom is 0.574 e. The van der Waals surface area contributed by atoms with Crippen molar-refractivity contribution < 1.29 is 17.9 Å². The zero-order valence-corrected chi connectivity index (χ0v) is 8.35. The molecule has 0 bridgehead atoms. The number of pyridine rings is 1. The van der Waals surface area contributed by atoms with Crippen LogP contribution in [0.5, 0.6) is 5.88 Å². The first kappa shape index (κ1) is 11.8. The van der Waals surface area contributed by atoms with Gasteiger partial charge in [0.25, 0.3) is 0 Å². The summed E-state index contributed by atoms with van der Waals surface area (Å²) in [6.45, 7) is 3.32. The van der Waals surface area contributed by atoms with Crippen LogP contribution in [0.3, 0.4) is 0 Å². The molecular weight excluding hydrogens is 209 g/mol. The summed E-state index contributed by atoms with van der Waals surface area (Å²) in [5.41, 5.74) is 6.87. The quantitative estimate of drug-likeness (QED) is 0.829. The van der Waals surface area contributed by atoms with Gasteiger partial charge in [-0.3, -0.25) is 0 Å². The number of nitrogens with zero attached hydrogens (tertiary/aromatic N) is 1. The molecule has 0 atom stereocenters. The molecule has 84 valence electrons. The maximum atomic E-state index is 11.9. The van der Waals surface area contributed by atoms with E-state index in [4.69, 9.17) is 5.73 Å². The summed E-state index contributed by atoms with van der Waals surface area (Å²) in [6, 6.07) is 1.55. The number of aryl methyl sites for hydroxylation is 2. The lowest BCUT2D eigenvalue weighted by molar-refractivity contribution is -0.276. The summed E-state index contributed by atoms with van der Waals surface area (Å²) < 4.78 is 39.6. The Morgan fingerprint density at radius 3 is 2.47 bits per heavy atom. The fraction of sp³-hybridized carbons (Fsp3) is 0.444. The van der Waals surface area contributed by atoms with Crippen molar-refractivity contribution in [1.29, 1.82) is 0 Å². The second-order valence-corrected chi connectivity index (χ2v) is 3.11. The van der Waals surface area contributed by atoms with Gasteiger partial charge in [0.15, 0.2) is 0 Å². The monoisotopic (exact) mass is 220 g/mol. The zero-order chi connectivity index (χ0) is 11.6. The number of nitrogens with two attached hydrogens (primary N) is 1. The molecule has 1 rings (SSSR count). The van der Waals surface area contributed by atoms with Gasteiger partial charge in [0, 0.05) is 17.8 Å². The number of halogens is 3. The third-order valence-electron chi connectivity index (χ3n) is 1.89. The van der Waals surface area contributed by atoms with Crippen LogP contribution < -0.4 is 10.5 Å². The molecule has 1 heterocycles. The normalized spacial score (nSPS) is 11.6. The van der Waals surface area contributed by atoms with Gasteiger partial charge in [-0.25, -0.2) is 4.98 Å². The van der Waals surface area contributed by atoms with Gasteiger partial charge in [-0.2, -0.15) is 0 Å². The first-order chi connectivity index (χ1) is 6.83. The molecule has 1 aromatic heterocycles. The summed E-state index contributed by atoms with van der Waals surface area (Å²) in [5, 5.41) is 0. The van der Waals surface area contributed by atoms with Gasteiger partial charge in [-0.05, 0) is 25.5 Å². The van der Waals surface area contributed by atoms with E-state index in [-0.39, 0.29) is 6.54 Å². The molecule has 0 fully saturated rings. The van der Waals surface area contributed by atoms with E-state index in [1.165, 1.54) is 6.92 Å². The van der Waals surface area contributed by atoms with E-state index in [0.717, 1.165) is 0 Å². The molecule has 0 amide bonds. The third kappa shape index (κ3) is 3.09. The molecule has 6 heteroatoms. The fourth-order valence-corrected chi connectivity index (χ4v) is 1.16. The van der Waals surface area contributed by atoms with Crippen molar-refractivity contribution in [1.82, 2.24) is 4.98 Å². The second-order valence-electron chi connectivity index (χ2n) is 3.11. The first-order valence-corrected chi connectivity index (χ1v) is 4.26. The van der Waals surface area contributed by atoms with Crippen LogP contribution in [0.2, 0.25) is 0 Å². The van der Waals surface area contributed by atoms with Crippen molar-refractivity contribution in [3.05, 3.63) is 22.9 Å². The summed E-state index contributed by atoms with van der Waals surface area (Å²) in [4.78, 5) is 3.71. The highest BCUT2D eigenvalue weighted by atomic mass is 19.4. The lowest BCUT2D eigenvalue weighted by Crippen LogP contribution is -2.19. The Bertz CT molecular complexity index is 363. The molecule has 15 heavy (non-hydrogen) atoms. The lowest BCUT2D eigenvalue weighted by Gasteiger charge is -2.12. The van der Waals surface area contributed by atoms with Gasteiger partial charge in [-0.15, -0.1) is 13.2 Å². The summed E-state index contributed by atoms with van der Waals surface area (Å²) in [7, 11) is 0. The van der Waals surface area contributed by atoms with E-state index in [9.17, 15) is 13.2 Å². The standard InChI is InChI=1S/C9H11F3N2O/c1-5-3-7(4-13)6(2)14-8(5)15-9(10,11)12/h3H,4,13H2,1-2H3. The van der Waals surface area contributed by atoms with Crippen LogP contribution in [0, 0.1) is 13.8 Å². The van der Waals surface area contributed by atoms with E-state index in [0.29, 0.717) is 16.8 Å². The highest BCUT2D eigenvalue weighted by Gasteiger charge is 2.32. The summed E-state index contributed by atoms with van der Waals surface area (Å²) >= 11 is 0. The topological polar surface area (TPSA) is 48.1 Å². The van der Waals surface area contributed by atoms with Crippen LogP contribution in [0.4, 0.5) is 13.2 Å². The van der Waals surface area contributed by atoms with E-state index in [1.54, 1.807) is 13.0 Å².